The molecule has 1 aliphatic heterocycles. The summed E-state index contributed by atoms with van der Waals surface area (Å²) in [5.41, 5.74) is 1.50. The molecule has 0 bridgehead atoms. The van der Waals surface area contributed by atoms with E-state index in [9.17, 15) is 14.0 Å². The fourth-order valence-corrected chi connectivity index (χ4v) is 4.61. The Morgan fingerprint density at radius 3 is 2.68 bits per heavy atom. The highest BCUT2D eigenvalue weighted by Crippen LogP contribution is 2.37. The Morgan fingerprint density at radius 1 is 1.14 bits per heavy atom. The van der Waals surface area contributed by atoms with Crippen molar-refractivity contribution in [3.63, 3.8) is 0 Å². The lowest BCUT2D eigenvalue weighted by atomic mass is 9.87. The first-order valence-electron chi connectivity index (χ1n) is 8.57. The maximum Gasteiger partial charge on any atom is 0.257 e. The van der Waals surface area contributed by atoms with Crippen molar-refractivity contribution in [3.05, 3.63) is 85.9 Å². The maximum atomic E-state index is 13.8. The van der Waals surface area contributed by atoms with E-state index in [1.54, 1.807) is 18.2 Å². The summed E-state index contributed by atoms with van der Waals surface area (Å²) in [6, 6.07) is 14.0. The Hall–Kier alpha value is -2.45. The number of fused-ring (bicyclic) bond motifs is 1. The third-order valence-electron chi connectivity index (χ3n) is 4.53. The van der Waals surface area contributed by atoms with Crippen LogP contribution in [-0.2, 0) is 10.5 Å². The molecule has 0 aliphatic carbocycles. The topological polar surface area (TPSA) is 74.8 Å². The van der Waals surface area contributed by atoms with E-state index in [4.69, 9.17) is 0 Å². The zero-order chi connectivity index (χ0) is 19.7. The number of anilines is 1. The monoisotopic (exact) mass is 459 g/mol. The van der Waals surface area contributed by atoms with Crippen LogP contribution in [0.2, 0.25) is 0 Å². The van der Waals surface area contributed by atoms with Crippen molar-refractivity contribution in [1.29, 1.82) is 0 Å². The fourth-order valence-electron chi connectivity index (χ4n) is 3.20. The molecule has 4 rings (SSSR count). The zero-order valence-electron chi connectivity index (χ0n) is 14.5. The van der Waals surface area contributed by atoms with Crippen LogP contribution in [0, 0.1) is 5.82 Å². The number of carbonyl (C=O) groups is 1. The van der Waals surface area contributed by atoms with Crippen molar-refractivity contribution < 1.29 is 9.18 Å². The van der Waals surface area contributed by atoms with Crippen molar-refractivity contribution in [3.8, 4) is 0 Å². The second-order valence-electron chi connectivity index (χ2n) is 6.34. The smallest absolute Gasteiger partial charge is 0.257 e. The molecule has 0 saturated heterocycles. The first-order valence-corrected chi connectivity index (χ1v) is 10.4. The summed E-state index contributed by atoms with van der Waals surface area (Å²) in [6.45, 7) is 0. The number of hydrogen-bond acceptors (Lipinski definition) is 4. The highest BCUT2D eigenvalue weighted by molar-refractivity contribution is 9.10. The highest BCUT2D eigenvalue weighted by atomic mass is 79.9. The average molecular weight is 460 g/mol. The number of rotatable bonds is 4. The van der Waals surface area contributed by atoms with E-state index in [2.05, 4.69) is 31.2 Å². The average Bonchev–Trinajstić information content (AvgIpc) is 2.67. The Kier molecular flexibility index (Phi) is 5.32. The van der Waals surface area contributed by atoms with Gasteiger partial charge in [-0.1, -0.05) is 64.1 Å². The fraction of sp³-hybridized carbons (Fsp3) is 0.150. The minimum atomic E-state index is -0.388. The number of carbonyl (C=O) groups excluding carboxylic acids is 1. The van der Waals surface area contributed by atoms with Gasteiger partial charge in [0.2, 0.25) is 5.91 Å². The van der Waals surface area contributed by atoms with Crippen LogP contribution >= 0.6 is 27.7 Å². The van der Waals surface area contributed by atoms with Gasteiger partial charge in [0.05, 0.1) is 5.56 Å². The van der Waals surface area contributed by atoms with Crippen molar-refractivity contribution >= 4 is 39.4 Å². The molecule has 2 aromatic carbocycles. The Labute approximate surface area is 172 Å². The largest absolute Gasteiger partial charge is 0.310 e. The number of nitrogens with one attached hydrogen (secondary N) is 2. The molecule has 1 aromatic heterocycles. The minimum absolute atomic E-state index is 0.169. The summed E-state index contributed by atoms with van der Waals surface area (Å²) in [7, 11) is 0. The van der Waals surface area contributed by atoms with Crippen LogP contribution in [0.3, 0.4) is 0 Å². The first kappa shape index (κ1) is 18.9. The summed E-state index contributed by atoms with van der Waals surface area (Å²) in [4.78, 5) is 32.2. The van der Waals surface area contributed by atoms with Crippen molar-refractivity contribution in [2.75, 3.05) is 5.32 Å². The van der Waals surface area contributed by atoms with Crippen LogP contribution in [0.5, 0.6) is 0 Å². The molecular formula is C20H15BrFN3O2S. The van der Waals surface area contributed by atoms with Crippen LogP contribution in [0.4, 0.5) is 10.2 Å². The molecule has 1 atom stereocenters. The third kappa shape index (κ3) is 3.74. The van der Waals surface area contributed by atoms with E-state index in [1.807, 2.05) is 24.3 Å². The lowest BCUT2D eigenvalue weighted by molar-refractivity contribution is -0.116. The molecule has 0 saturated carbocycles. The van der Waals surface area contributed by atoms with Gasteiger partial charge >= 0.3 is 0 Å². The molecule has 2 heterocycles. The standard InChI is InChI=1S/C20H15BrFN3O2S/c21-14-7-3-2-6-12(14)13-9-16(26)23-18-17(13)19(27)25-20(24-18)28-10-11-5-1-4-8-15(11)22/h1-8,13H,9-10H2,(H2,23,24,25,26,27). The Bertz CT molecular complexity index is 1120. The minimum Gasteiger partial charge on any atom is -0.310 e. The molecule has 3 aromatic rings. The van der Waals surface area contributed by atoms with Crippen molar-refractivity contribution in [1.82, 2.24) is 9.97 Å². The number of nitrogens with zero attached hydrogens (tertiary/aromatic N) is 1. The molecule has 1 aliphatic rings. The molecule has 1 unspecified atom stereocenters. The molecule has 28 heavy (non-hydrogen) atoms. The van der Waals surface area contributed by atoms with Crippen LogP contribution < -0.4 is 10.9 Å². The summed E-state index contributed by atoms with van der Waals surface area (Å²) in [6.07, 6.45) is 0.169. The number of halogens is 2. The molecule has 0 radical (unpaired) electrons. The van der Waals surface area contributed by atoms with E-state index < -0.39 is 0 Å². The molecule has 0 fully saturated rings. The molecule has 142 valence electrons. The van der Waals surface area contributed by atoms with Gasteiger partial charge in [0.1, 0.15) is 11.6 Å². The molecule has 8 heteroatoms. The van der Waals surface area contributed by atoms with Gasteiger partial charge in [-0.25, -0.2) is 9.37 Å². The summed E-state index contributed by atoms with van der Waals surface area (Å²) in [5.74, 6) is -0.317. The second-order valence-corrected chi connectivity index (χ2v) is 8.16. The number of amides is 1. The third-order valence-corrected chi connectivity index (χ3v) is 6.18. The van der Waals surface area contributed by atoms with Gasteiger partial charge in [0.25, 0.3) is 5.56 Å². The lowest BCUT2D eigenvalue weighted by Crippen LogP contribution is -2.31. The number of H-pyrrole nitrogens is 1. The van der Waals surface area contributed by atoms with Crippen LogP contribution in [0.25, 0.3) is 0 Å². The molecule has 0 spiro atoms. The SMILES string of the molecule is O=C1CC(c2ccccc2Br)c2c(nc(SCc3ccccc3F)[nH]c2=O)N1. The van der Waals surface area contributed by atoms with Gasteiger partial charge in [-0.3, -0.25) is 9.59 Å². The van der Waals surface area contributed by atoms with Crippen molar-refractivity contribution in [2.45, 2.75) is 23.2 Å². The van der Waals surface area contributed by atoms with Gasteiger partial charge < -0.3 is 10.3 Å². The molecule has 2 N–H and O–H groups in total. The molecule has 1 amide bonds. The zero-order valence-corrected chi connectivity index (χ0v) is 16.9. The number of benzene rings is 2. The van der Waals surface area contributed by atoms with Crippen LogP contribution in [0.15, 0.2) is 63.0 Å². The van der Waals surface area contributed by atoms with Crippen molar-refractivity contribution in [2.24, 2.45) is 0 Å². The first-order chi connectivity index (χ1) is 13.5. The van der Waals surface area contributed by atoms with Gasteiger partial charge in [-0.05, 0) is 23.3 Å². The number of thioether (sulfide) groups is 1. The molecule has 5 nitrogen and oxygen atoms in total. The predicted molar refractivity (Wildman–Crippen MR) is 110 cm³/mol. The number of hydrogen-bond donors (Lipinski definition) is 2. The Balaban J connectivity index is 1.68. The van der Waals surface area contributed by atoms with E-state index >= 15 is 0 Å². The summed E-state index contributed by atoms with van der Waals surface area (Å²) >= 11 is 4.71. The number of aromatic amines is 1. The Morgan fingerprint density at radius 2 is 1.89 bits per heavy atom. The number of aromatic nitrogens is 2. The summed E-state index contributed by atoms with van der Waals surface area (Å²) < 4.78 is 14.6. The molecular weight excluding hydrogens is 445 g/mol. The van der Waals surface area contributed by atoms with Gasteiger partial charge in [-0.2, -0.15) is 0 Å². The quantitative estimate of drug-likeness (QED) is 0.446. The predicted octanol–water partition coefficient (Wildman–Crippen LogP) is 4.44. The normalized spacial score (nSPS) is 15.8. The van der Waals surface area contributed by atoms with Gasteiger partial charge in [0, 0.05) is 22.6 Å². The van der Waals surface area contributed by atoms with E-state index in [0.717, 1.165) is 10.0 Å². The summed E-state index contributed by atoms with van der Waals surface area (Å²) in [5, 5.41) is 3.03. The van der Waals surface area contributed by atoms with E-state index in [-0.39, 0.29) is 35.4 Å². The second kappa shape index (κ2) is 7.89. The lowest BCUT2D eigenvalue weighted by Gasteiger charge is -2.25. The van der Waals surface area contributed by atoms with Crippen LogP contribution in [0.1, 0.15) is 29.0 Å². The van der Waals surface area contributed by atoms with Gasteiger partial charge in [-0.15, -0.1) is 0 Å². The van der Waals surface area contributed by atoms with E-state index in [0.29, 0.717) is 22.0 Å². The van der Waals surface area contributed by atoms with E-state index in [1.165, 1.54) is 17.8 Å². The highest BCUT2D eigenvalue weighted by Gasteiger charge is 2.31. The van der Waals surface area contributed by atoms with Crippen LogP contribution in [-0.4, -0.2) is 15.9 Å². The van der Waals surface area contributed by atoms with Gasteiger partial charge in [0.15, 0.2) is 5.16 Å². The maximum absolute atomic E-state index is 13.8.